The van der Waals surface area contributed by atoms with E-state index in [1.807, 2.05) is 19.1 Å². The van der Waals surface area contributed by atoms with Crippen LogP contribution in [0, 0.1) is 0 Å². The Bertz CT molecular complexity index is 857. The molecule has 3 aromatic rings. The Morgan fingerprint density at radius 2 is 2.09 bits per heavy atom. The molecule has 0 saturated heterocycles. The lowest BCUT2D eigenvalue weighted by molar-refractivity contribution is 0.102. The molecule has 0 saturated carbocycles. The summed E-state index contributed by atoms with van der Waals surface area (Å²) in [6.07, 6.45) is 0. The second-order valence-corrected chi connectivity index (χ2v) is 6.95. The number of benzene rings is 1. The van der Waals surface area contributed by atoms with E-state index in [1.54, 1.807) is 35.0 Å². The second-order valence-electron chi connectivity index (χ2n) is 4.80. The Morgan fingerprint density at radius 1 is 1.26 bits per heavy atom. The molecule has 0 radical (unpaired) electrons. The molecule has 0 aliphatic rings. The molecule has 1 amide bonds. The van der Waals surface area contributed by atoms with Crippen molar-refractivity contribution >= 4 is 46.1 Å². The Balaban J connectivity index is 1.88. The molecule has 0 aliphatic carbocycles. The van der Waals surface area contributed by atoms with Crippen LogP contribution in [-0.2, 0) is 6.54 Å². The molecule has 1 aromatic carbocycles. The van der Waals surface area contributed by atoms with Crippen molar-refractivity contribution in [2.75, 3.05) is 5.32 Å². The Hall–Kier alpha value is -1.82. The third-order valence-corrected chi connectivity index (χ3v) is 4.71. The summed E-state index contributed by atoms with van der Waals surface area (Å²) in [4.78, 5) is 13.4. The van der Waals surface area contributed by atoms with Gasteiger partial charge in [0.1, 0.15) is 0 Å². The number of hydrogen-bond donors (Lipinski definition) is 1. The van der Waals surface area contributed by atoms with Gasteiger partial charge in [0, 0.05) is 17.3 Å². The van der Waals surface area contributed by atoms with Gasteiger partial charge in [0.2, 0.25) is 0 Å². The average Bonchev–Trinajstić information content (AvgIpc) is 3.13. The maximum atomic E-state index is 12.4. The molecule has 3 rings (SSSR count). The minimum Gasteiger partial charge on any atom is -0.321 e. The minimum absolute atomic E-state index is 0.275. The first-order valence-corrected chi connectivity index (χ1v) is 8.54. The van der Waals surface area contributed by atoms with Crippen LogP contribution in [0.25, 0.3) is 10.6 Å². The van der Waals surface area contributed by atoms with Crippen LogP contribution >= 0.6 is 34.5 Å². The van der Waals surface area contributed by atoms with E-state index in [0.717, 1.165) is 10.6 Å². The lowest BCUT2D eigenvalue weighted by Crippen LogP contribution is -2.13. The summed E-state index contributed by atoms with van der Waals surface area (Å²) >= 11 is 13.4. The van der Waals surface area contributed by atoms with Crippen molar-refractivity contribution in [1.82, 2.24) is 9.78 Å². The van der Waals surface area contributed by atoms with Crippen LogP contribution in [-0.4, -0.2) is 15.7 Å². The van der Waals surface area contributed by atoms with Gasteiger partial charge in [0.25, 0.3) is 5.91 Å². The van der Waals surface area contributed by atoms with Crippen molar-refractivity contribution in [3.8, 4) is 10.6 Å². The zero-order valence-corrected chi connectivity index (χ0v) is 14.5. The summed E-state index contributed by atoms with van der Waals surface area (Å²) in [5.74, 6) is -0.275. The summed E-state index contributed by atoms with van der Waals surface area (Å²) in [6.45, 7) is 2.64. The molecule has 0 fully saturated rings. The average molecular weight is 366 g/mol. The predicted molar refractivity (Wildman–Crippen MR) is 95.6 cm³/mol. The molecule has 0 unspecified atom stereocenters. The number of amides is 1. The summed E-state index contributed by atoms with van der Waals surface area (Å²) in [6, 6.07) is 12.5. The Labute approximate surface area is 147 Å². The highest BCUT2D eigenvalue weighted by molar-refractivity contribution is 7.19. The molecule has 2 aromatic heterocycles. The van der Waals surface area contributed by atoms with Crippen molar-refractivity contribution < 1.29 is 4.79 Å². The number of hydrogen-bond acceptors (Lipinski definition) is 3. The Morgan fingerprint density at radius 3 is 2.74 bits per heavy atom. The summed E-state index contributed by atoms with van der Waals surface area (Å²) in [7, 11) is 0. The summed E-state index contributed by atoms with van der Waals surface area (Å²) in [5.41, 5.74) is 1.86. The molecular weight excluding hydrogens is 353 g/mol. The van der Waals surface area contributed by atoms with Gasteiger partial charge in [-0.1, -0.05) is 29.3 Å². The normalized spacial score (nSPS) is 10.7. The number of carbonyl (C=O) groups is 1. The number of aromatic nitrogens is 2. The van der Waals surface area contributed by atoms with Gasteiger partial charge in [-0.25, -0.2) is 0 Å². The van der Waals surface area contributed by atoms with Gasteiger partial charge in [0.15, 0.2) is 5.69 Å². The number of nitrogens with one attached hydrogen (secondary N) is 1. The molecule has 118 valence electrons. The standard InChI is InChI=1S/C16H13Cl2N3OS/c1-2-21-13(14-6-7-15(18)23-14)9-12(20-21)16(22)19-11-5-3-4-10(17)8-11/h3-9H,2H2,1H3,(H,19,22). The molecule has 23 heavy (non-hydrogen) atoms. The first kappa shape index (κ1) is 16.1. The number of anilines is 1. The van der Waals surface area contributed by atoms with E-state index in [2.05, 4.69) is 10.4 Å². The van der Waals surface area contributed by atoms with Gasteiger partial charge in [-0.3, -0.25) is 9.48 Å². The maximum absolute atomic E-state index is 12.4. The number of thiophene rings is 1. The maximum Gasteiger partial charge on any atom is 0.276 e. The molecule has 0 atom stereocenters. The third-order valence-electron chi connectivity index (χ3n) is 3.22. The van der Waals surface area contributed by atoms with Crippen LogP contribution in [0.4, 0.5) is 5.69 Å². The van der Waals surface area contributed by atoms with Crippen molar-refractivity contribution in [2.45, 2.75) is 13.5 Å². The van der Waals surface area contributed by atoms with Crippen LogP contribution in [0.1, 0.15) is 17.4 Å². The molecule has 2 heterocycles. The monoisotopic (exact) mass is 365 g/mol. The molecule has 0 spiro atoms. The van der Waals surface area contributed by atoms with Gasteiger partial charge in [-0.05, 0) is 43.3 Å². The van der Waals surface area contributed by atoms with Gasteiger partial charge in [0.05, 0.1) is 14.9 Å². The van der Waals surface area contributed by atoms with Gasteiger partial charge < -0.3 is 5.32 Å². The lowest BCUT2D eigenvalue weighted by Gasteiger charge is -2.03. The highest BCUT2D eigenvalue weighted by Gasteiger charge is 2.16. The summed E-state index contributed by atoms with van der Waals surface area (Å²) < 4.78 is 2.49. The first-order valence-electron chi connectivity index (χ1n) is 6.97. The molecule has 0 bridgehead atoms. The van der Waals surface area contributed by atoms with Crippen LogP contribution in [0.5, 0.6) is 0 Å². The van der Waals surface area contributed by atoms with E-state index in [9.17, 15) is 4.79 Å². The highest BCUT2D eigenvalue weighted by Crippen LogP contribution is 2.31. The quantitative estimate of drug-likeness (QED) is 0.691. The van der Waals surface area contributed by atoms with E-state index in [4.69, 9.17) is 23.2 Å². The van der Waals surface area contributed by atoms with E-state index < -0.39 is 0 Å². The van der Waals surface area contributed by atoms with Crippen molar-refractivity contribution in [3.05, 3.63) is 57.5 Å². The fraction of sp³-hybridized carbons (Fsp3) is 0.125. The molecule has 0 aliphatic heterocycles. The van der Waals surface area contributed by atoms with Crippen LogP contribution in [0.2, 0.25) is 9.36 Å². The molecule has 1 N–H and O–H groups in total. The smallest absolute Gasteiger partial charge is 0.276 e. The number of halogens is 2. The number of aryl methyl sites for hydroxylation is 1. The van der Waals surface area contributed by atoms with E-state index in [0.29, 0.717) is 27.3 Å². The zero-order chi connectivity index (χ0) is 16.4. The molecule has 4 nitrogen and oxygen atoms in total. The SMILES string of the molecule is CCn1nc(C(=O)Nc2cccc(Cl)c2)cc1-c1ccc(Cl)s1. The fourth-order valence-corrected chi connectivity index (χ4v) is 3.43. The zero-order valence-electron chi connectivity index (χ0n) is 12.2. The van der Waals surface area contributed by atoms with Crippen molar-refractivity contribution in [3.63, 3.8) is 0 Å². The molecular formula is C16H13Cl2N3OS. The van der Waals surface area contributed by atoms with Crippen LogP contribution in [0.15, 0.2) is 42.5 Å². The van der Waals surface area contributed by atoms with Gasteiger partial charge in [-0.2, -0.15) is 5.10 Å². The predicted octanol–water partition coefficient (Wildman–Crippen LogP) is 5.19. The van der Waals surface area contributed by atoms with Gasteiger partial charge >= 0.3 is 0 Å². The van der Waals surface area contributed by atoms with E-state index in [-0.39, 0.29) is 5.91 Å². The van der Waals surface area contributed by atoms with E-state index >= 15 is 0 Å². The Kier molecular flexibility index (Phi) is 4.71. The topological polar surface area (TPSA) is 46.9 Å². The number of carbonyl (C=O) groups excluding carboxylic acids is 1. The second kappa shape index (κ2) is 6.74. The van der Waals surface area contributed by atoms with Crippen molar-refractivity contribution in [1.29, 1.82) is 0 Å². The first-order chi connectivity index (χ1) is 11.1. The largest absolute Gasteiger partial charge is 0.321 e. The third kappa shape index (κ3) is 3.58. The summed E-state index contributed by atoms with van der Waals surface area (Å²) in [5, 5.41) is 7.73. The number of rotatable bonds is 4. The van der Waals surface area contributed by atoms with Gasteiger partial charge in [-0.15, -0.1) is 11.3 Å². The highest BCUT2D eigenvalue weighted by atomic mass is 35.5. The van der Waals surface area contributed by atoms with Crippen LogP contribution in [0.3, 0.4) is 0 Å². The minimum atomic E-state index is -0.275. The number of nitrogens with zero attached hydrogens (tertiary/aromatic N) is 2. The molecule has 7 heteroatoms. The van der Waals surface area contributed by atoms with E-state index in [1.165, 1.54) is 11.3 Å². The lowest BCUT2D eigenvalue weighted by atomic mass is 10.2. The fourth-order valence-electron chi connectivity index (χ4n) is 2.18. The van der Waals surface area contributed by atoms with Crippen LogP contribution < -0.4 is 5.32 Å². The van der Waals surface area contributed by atoms with Crippen molar-refractivity contribution in [2.24, 2.45) is 0 Å².